The minimum Gasteiger partial charge on any atom is -0.419 e. The highest BCUT2D eigenvalue weighted by atomic mass is 16.4. The largest absolute Gasteiger partial charge is 0.419 e. The maximum Gasteiger partial charge on any atom is 0.247 e. The van der Waals surface area contributed by atoms with Crippen molar-refractivity contribution >= 4 is 0 Å². The van der Waals surface area contributed by atoms with Crippen LogP contribution in [0.3, 0.4) is 0 Å². The lowest BCUT2D eigenvalue weighted by atomic mass is 10.1. The highest BCUT2D eigenvalue weighted by Gasteiger charge is 2.10. The van der Waals surface area contributed by atoms with Crippen molar-refractivity contribution in [1.82, 2.24) is 15.1 Å². The molecule has 0 saturated carbocycles. The van der Waals surface area contributed by atoms with Gasteiger partial charge in [0.05, 0.1) is 12.6 Å². The fourth-order valence-corrected chi connectivity index (χ4v) is 1.76. The molecule has 0 fully saturated rings. The van der Waals surface area contributed by atoms with Gasteiger partial charge in [0, 0.05) is 18.5 Å². The first-order valence-electron chi connectivity index (χ1n) is 6.14. The quantitative estimate of drug-likeness (QED) is 0.821. The number of aryl methyl sites for hydroxylation is 1. The predicted octanol–water partition coefficient (Wildman–Crippen LogP) is 2.39. The van der Waals surface area contributed by atoms with E-state index in [0.717, 1.165) is 11.1 Å². The summed E-state index contributed by atoms with van der Waals surface area (Å²) in [5, 5.41) is 16.6. The number of rotatable bonds is 5. The van der Waals surface area contributed by atoms with Gasteiger partial charge >= 0.3 is 0 Å². The summed E-state index contributed by atoms with van der Waals surface area (Å²) in [6.07, 6.45) is 0.495. The molecule has 0 spiro atoms. The van der Waals surface area contributed by atoms with Gasteiger partial charge < -0.3 is 4.42 Å². The average molecular weight is 256 g/mol. The van der Waals surface area contributed by atoms with E-state index in [-0.39, 0.29) is 0 Å². The van der Waals surface area contributed by atoms with Crippen LogP contribution in [0, 0.1) is 18.3 Å². The first-order chi connectivity index (χ1) is 9.19. The first kappa shape index (κ1) is 13.2. The molecular weight excluding hydrogens is 240 g/mol. The Morgan fingerprint density at radius 1 is 1.37 bits per heavy atom. The van der Waals surface area contributed by atoms with E-state index in [4.69, 9.17) is 9.68 Å². The average Bonchev–Trinajstić information content (AvgIpc) is 2.85. The van der Waals surface area contributed by atoms with E-state index in [9.17, 15) is 0 Å². The Bertz CT molecular complexity index is 585. The smallest absolute Gasteiger partial charge is 0.247 e. The topological polar surface area (TPSA) is 66.0 Å². The van der Waals surface area contributed by atoms with E-state index in [0.29, 0.717) is 31.3 Å². The van der Waals surface area contributed by atoms with Crippen molar-refractivity contribution in [2.45, 2.75) is 19.9 Å². The third-order valence-electron chi connectivity index (χ3n) is 2.74. The standard InChI is InChI=1S/C14H16N4O/c1-11-5-3-6-12(9-11)14-17-16-13(19-14)10-18(2)8-4-7-15/h3,5-6,9H,4,8,10H2,1-2H3. The van der Waals surface area contributed by atoms with Crippen LogP contribution < -0.4 is 0 Å². The van der Waals surface area contributed by atoms with Crippen LogP contribution in [0.15, 0.2) is 28.7 Å². The number of nitriles is 1. The minimum atomic E-state index is 0.495. The van der Waals surface area contributed by atoms with Gasteiger partial charge in [-0.3, -0.25) is 4.90 Å². The van der Waals surface area contributed by atoms with Crippen LogP contribution in [-0.4, -0.2) is 28.7 Å². The predicted molar refractivity (Wildman–Crippen MR) is 71.0 cm³/mol. The lowest BCUT2D eigenvalue weighted by Crippen LogP contribution is -2.18. The van der Waals surface area contributed by atoms with Gasteiger partial charge in [-0.2, -0.15) is 5.26 Å². The maximum atomic E-state index is 8.53. The second kappa shape index (κ2) is 6.12. The number of nitrogens with zero attached hydrogens (tertiary/aromatic N) is 4. The van der Waals surface area contributed by atoms with Gasteiger partial charge in [-0.05, 0) is 26.1 Å². The van der Waals surface area contributed by atoms with Gasteiger partial charge in [-0.1, -0.05) is 17.7 Å². The number of aromatic nitrogens is 2. The molecule has 5 heteroatoms. The fraction of sp³-hybridized carbons (Fsp3) is 0.357. The van der Waals surface area contributed by atoms with Crippen molar-refractivity contribution < 1.29 is 4.42 Å². The highest BCUT2D eigenvalue weighted by Crippen LogP contribution is 2.19. The van der Waals surface area contributed by atoms with Gasteiger partial charge in [-0.15, -0.1) is 10.2 Å². The molecule has 5 nitrogen and oxygen atoms in total. The third kappa shape index (κ3) is 3.63. The van der Waals surface area contributed by atoms with E-state index in [1.165, 1.54) is 0 Å². The Kier molecular flexibility index (Phi) is 4.26. The number of hydrogen-bond donors (Lipinski definition) is 0. The third-order valence-corrected chi connectivity index (χ3v) is 2.74. The molecule has 0 N–H and O–H groups in total. The molecule has 19 heavy (non-hydrogen) atoms. The van der Waals surface area contributed by atoms with Gasteiger partial charge in [-0.25, -0.2) is 0 Å². The van der Waals surface area contributed by atoms with Crippen molar-refractivity contribution in [3.05, 3.63) is 35.7 Å². The van der Waals surface area contributed by atoms with Crippen LogP contribution >= 0.6 is 0 Å². The van der Waals surface area contributed by atoms with Crippen LogP contribution in [0.2, 0.25) is 0 Å². The van der Waals surface area contributed by atoms with Crippen molar-refractivity contribution in [3.63, 3.8) is 0 Å². The molecule has 0 aliphatic heterocycles. The summed E-state index contributed by atoms with van der Waals surface area (Å²) in [6, 6.07) is 10.1. The second-order valence-electron chi connectivity index (χ2n) is 4.52. The zero-order chi connectivity index (χ0) is 13.7. The zero-order valence-corrected chi connectivity index (χ0v) is 11.1. The second-order valence-corrected chi connectivity index (χ2v) is 4.52. The first-order valence-corrected chi connectivity index (χ1v) is 6.14. The highest BCUT2D eigenvalue weighted by molar-refractivity contribution is 5.53. The number of hydrogen-bond acceptors (Lipinski definition) is 5. The summed E-state index contributed by atoms with van der Waals surface area (Å²) in [7, 11) is 1.92. The molecule has 2 rings (SSSR count). The van der Waals surface area contributed by atoms with Crippen LogP contribution in [0.5, 0.6) is 0 Å². The lowest BCUT2D eigenvalue weighted by Gasteiger charge is -2.10. The normalized spacial score (nSPS) is 10.6. The fourth-order valence-electron chi connectivity index (χ4n) is 1.76. The molecule has 0 unspecified atom stereocenters. The maximum absolute atomic E-state index is 8.53. The van der Waals surface area contributed by atoms with E-state index < -0.39 is 0 Å². The Hall–Kier alpha value is -2.19. The van der Waals surface area contributed by atoms with Crippen LogP contribution in [0.4, 0.5) is 0 Å². The monoisotopic (exact) mass is 256 g/mol. The molecule has 1 heterocycles. The summed E-state index contributed by atoms with van der Waals surface area (Å²) in [6.45, 7) is 3.27. The molecule has 0 saturated heterocycles. The summed E-state index contributed by atoms with van der Waals surface area (Å²) in [4.78, 5) is 1.98. The molecule has 98 valence electrons. The molecular formula is C14H16N4O. The SMILES string of the molecule is Cc1cccc(-c2nnc(CN(C)CCC#N)o2)c1. The Labute approximate surface area is 112 Å². The van der Waals surface area contributed by atoms with Crippen LogP contribution in [0.1, 0.15) is 17.9 Å². The zero-order valence-electron chi connectivity index (χ0n) is 11.1. The van der Waals surface area contributed by atoms with Gasteiger partial charge in [0.2, 0.25) is 11.8 Å². The lowest BCUT2D eigenvalue weighted by molar-refractivity contribution is 0.296. The molecule has 1 aromatic heterocycles. The van der Waals surface area contributed by atoms with Gasteiger partial charge in [0.15, 0.2) is 0 Å². The molecule has 0 aliphatic rings. The Morgan fingerprint density at radius 3 is 2.95 bits per heavy atom. The minimum absolute atomic E-state index is 0.495. The summed E-state index contributed by atoms with van der Waals surface area (Å²) in [5.74, 6) is 1.10. The molecule has 0 bridgehead atoms. The molecule has 0 radical (unpaired) electrons. The molecule has 0 aliphatic carbocycles. The van der Waals surface area contributed by atoms with Gasteiger partial charge in [0.25, 0.3) is 0 Å². The summed E-state index contributed by atoms with van der Waals surface area (Å²) >= 11 is 0. The number of benzene rings is 1. The van der Waals surface area contributed by atoms with E-state index in [1.54, 1.807) is 0 Å². The molecule has 1 aromatic carbocycles. The van der Waals surface area contributed by atoms with Crippen LogP contribution in [0.25, 0.3) is 11.5 Å². The Morgan fingerprint density at radius 2 is 2.21 bits per heavy atom. The van der Waals surface area contributed by atoms with Crippen molar-refractivity contribution in [2.24, 2.45) is 0 Å². The summed E-state index contributed by atoms with van der Waals surface area (Å²) in [5.41, 5.74) is 2.09. The Balaban J connectivity index is 2.05. The molecule has 2 aromatic rings. The van der Waals surface area contributed by atoms with Crippen molar-refractivity contribution in [2.75, 3.05) is 13.6 Å². The van der Waals surface area contributed by atoms with Gasteiger partial charge in [0.1, 0.15) is 0 Å². The van der Waals surface area contributed by atoms with Crippen molar-refractivity contribution in [3.8, 4) is 17.5 Å². The van der Waals surface area contributed by atoms with E-state index in [2.05, 4.69) is 16.3 Å². The van der Waals surface area contributed by atoms with E-state index >= 15 is 0 Å². The van der Waals surface area contributed by atoms with Crippen LogP contribution in [-0.2, 0) is 6.54 Å². The van der Waals surface area contributed by atoms with E-state index in [1.807, 2.05) is 43.1 Å². The summed E-state index contributed by atoms with van der Waals surface area (Å²) < 4.78 is 5.63. The molecule has 0 amide bonds. The van der Waals surface area contributed by atoms with Crippen molar-refractivity contribution in [1.29, 1.82) is 5.26 Å². The molecule has 0 atom stereocenters.